The normalized spacial score (nSPS) is 11.5. The van der Waals surface area contributed by atoms with E-state index in [0.29, 0.717) is 11.5 Å². The van der Waals surface area contributed by atoms with Crippen LogP contribution in [0.4, 0.5) is 0 Å². The van der Waals surface area contributed by atoms with E-state index in [0.717, 1.165) is 18.4 Å². The van der Waals surface area contributed by atoms with Crippen LogP contribution in [0.2, 0.25) is 0 Å². The topological polar surface area (TPSA) is 17.1 Å². The molecule has 1 rings (SSSR count). The van der Waals surface area contributed by atoms with Crippen molar-refractivity contribution in [3.63, 3.8) is 0 Å². The monoisotopic (exact) mass is 250 g/mol. The molecule has 0 heterocycles. The highest BCUT2D eigenvalue weighted by atomic mass is 35.5. The van der Waals surface area contributed by atoms with E-state index >= 15 is 0 Å². The minimum absolute atomic E-state index is 0.120. The van der Waals surface area contributed by atoms with E-state index in [1.807, 2.05) is 30.3 Å². The molecular formula is C15H19ClO. The van der Waals surface area contributed by atoms with Crippen LogP contribution in [0.5, 0.6) is 0 Å². The molecule has 1 nitrogen and oxygen atoms in total. The second kappa shape index (κ2) is 8.08. The molecule has 17 heavy (non-hydrogen) atoms. The third-order valence-electron chi connectivity index (χ3n) is 2.61. The molecule has 0 N–H and O–H groups in total. The summed E-state index contributed by atoms with van der Waals surface area (Å²) in [5, 5.41) is 0.533. The quantitative estimate of drug-likeness (QED) is 0.502. The molecule has 1 aromatic rings. The maximum atomic E-state index is 11.6. The molecule has 2 heteroatoms. The summed E-state index contributed by atoms with van der Waals surface area (Å²) in [4.78, 5) is 11.6. The Morgan fingerprint density at radius 2 is 1.88 bits per heavy atom. The number of benzene rings is 1. The van der Waals surface area contributed by atoms with Gasteiger partial charge >= 0.3 is 0 Å². The molecule has 0 spiro atoms. The molecule has 0 aliphatic heterocycles. The lowest BCUT2D eigenvalue weighted by atomic mass is 10.1. The van der Waals surface area contributed by atoms with E-state index in [1.165, 1.54) is 12.8 Å². The molecule has 92 valence electrons. The van der Waals surface area contributed by atoms with Gasteiger partial charge < -0.3 is 0 Å². The zero-order chi connectivity index (χ0) is 12.5. The van der Waals surface area contributed by atoms with Gasteiger partial charge in [0.1, 0.15) is 0 Å². The van der Waals surface area contributed by atoms with Crippen molar-refractivity contribution in [2.75, 3.05) is 0 Å². The second-order valence-corrected chi connectivity index (χ2v) is 4.54. The summed E-state index contributed by atoms with van der Waals surface area (Å²) in [5.74, 6) is 0.120. The molecule has 0 saturated carbocycles. The van der Waals surface area contributed by atoms with Crippen molar-refractivity contribution < 1.29 is 4.79 Å². The zero-order valence-electron chi connectivity index (χ0n) is 10.3. The van der Waals surface area contributed by atoms with Crippen LogP contribution in [0.3, 0.4) is 0 Å². The first kappa shape index (κ1) is 14.0. The van der Waals surface area contributed by atoms with Crippen LogP contribution in [0, 0.1) is 0 Å². The second-order valence-electron chi connectivity index (χ2n) is 4.14. The van der Waals surface area contributed by atoms with Crippen LogP contribution in [0.1, 0.15) is 44.6 Å². The average Bonchev–Trinajstić information content (AvgIpc) is 2.36. The lowest BCUT2D eigenvalue weighted by Crippen LogP contribution is -1.93. The molecule has 0 aliphatic carbocycles. The number of hydrogen-bond donors (Lipinski definition) is 0. The van der Waals surface area contributed by atoms with Gasteiger partial charge in [0.2, 0.25) is 0 Å². The van der Waals surface area contributed by atoms with E-state index < -0.39 is 0 Å². The van der Waals surface area contributed by atoms with E-state index in [9.17, 15) is 4.79 Å². The van der Waals surface area contributed by atoms with Crippen molar-refractivity contribution in [3.8, 4) is 0 Å². The largest absolute Gasteiger partial charge is 0.295 e. The molecule has 0 bridgehead atoms. The number of unbranched alkanes of at least 4 members (excludes halogenated alkanes) is 3. The highest BCUT2D eigenvalue weighted by Gasteiger charge is 2.02. The van der Waals surface area contributed by atoms with Gasteiger partial charge in [0.05, 0.1) is 5.03 Å². The first-order valence-corrected chi connectivity index (χ1v) is 6.57. The fourth-order valence-corrected chi connectivity index (χ4v) is 1.87. The Balaban J connectivity index is 2.43. The molecular weight excluding hydrogens is 232 g/mol. The summed E-state index contributed by atoms with van der Waals surface area (Å²) in [6, 6.07) is 9.57. The van der Waals surface area contributed by atoms with Crippen LogP contribution in [0.15, 0.2) is 36.4 Å². The summed E-state index contributed by atoms with van der Waals surface area (Å²) in [6.45, 7) is 2.16. The Kier molecular flexibility index (Phi) is 6.64. The standard InChI is InChI=1S/C15H19ClO/c1-2-3-4-8-11-14(17)12-15(16)13-9-6-5-7-10-13/h5-7,9-10,12H,2-4,8,11H2,1H3/b15-12-. The Hall–Kier alpha value is -1.08. The minimum atomic E-state index is 0.120. The lowest BCUT2D eigenvalue weighted by Gasteiger charge is -1.99. The third-order valence-corrected chi connectivity index (χ3v) is 2.94. The van der Waals surface area contributed by atoms with Crippen LogP contribution in [-0.2, 0) is 4.79 Å². The maximum absolute atomic E-state index is 11.6. The van der Waals surface area contributed by atoms with Crippen molar-refractivity contribution in [2.45, 2.75) is 39.0 Å². The lowest BCUT2D eigenvalue weighted by molar-refractivity contribution is -0.114. The highest BCUT2D eigenvalue weighted by Crippen LogP contribution is 2.18. The molecule has 0 unspecified atom stereocenters. The minimum Gasteiger partial charge on any atom is -0.295 e. The smallest absolute Gasteiger partial charge is 0.157 e. The van der Waals surface area contributed by atoms with Gasteiger partial charge in [-0.3, -0.25) is 4.79 Å². The highest BCUT2D eigenvalue weighted by molar-refractivity contribution is 6.50. The fraction of sp³-hybridized carbons (Fsp3) is 0.400. The van der Waals surface area contributed by atoms with Crippen LogP contribution < -0.4 is 0 Å². The van der Waals surface area contributed by atoms with E-state index in [2.05, 4.69) is 6.92 Å². The molecule has 0 atom stereocenters. The van der Waals surface area contributed by atoms with E-state index in [4.69, 9.17) is 11.6 Å². The zero-order valence-corrected chi connectivity index (χ0v) is 11.0. The molecule has 0 radical (unpaired) electrons. The predicted octanol–water partition coefficient (Wildman–Crippen LogP) is 4.81. The summed E-state index contributed by atoms with van der Waals surface area (Å²) in [5.41, 5.74) is 0.899. The van der Waals surface area contributed by atoms with Crippen molar-refractivity contribution in [1.29, 1.82) is 0 Å². The van der Waals surface area contributed by atoms with Gasteiger partial charge in [-0.05, 0) is 12.0 Å². The SMILES string of the molecule is CCCCCCC(=O)/C=C(\Cl)c1ccccc1. The summed E-state index contributed by atoms with van der Waals surface area (Å²) in [7, 11) is 0. The summed E-state index contributed by atoms with van der Waals surface area (Å²) in [6.07, 6.45) is 6.62. The number of hydrogen-bond acceptors (Lipinski definition) is 1. The molecule has 0 fully saturated rings. The van der Waals surface area contributed by atoms with Gasteiger partial charge in [0.25, 0.3) is 0 Å². The average molecular weight is 251 g/mol. The Labute approximate surface area is 108 Å². The van der Waals surface area contributed by atoms with Crippen molar-refractivity contribution in [1.82, 2.24) is 0 Å². The van der Waals surface area contributed by atoms with Gasteiger partial charge in [-0.2, -0.15) is 0 Å². The number of halogens is 1. The van der Waals surface area contributed by atoms with Crippen LogP contribution in [-0.4, -0.2) is 5.78 Å². The van der Waals surface area contributed by atoms with Crippen molar-refractivity contribution >= 4 is 22.4 Å². The number of carbonyl (C=O) groups is 1. The number of carbonyl (C=O) groups excluding carboxylic acids is 1. The molecule has 0 aromatic heterocycles. The fourth-order valence-electron chi connectivity index (χ4n) is 1.62. The molecule has 0 saturated heterocycles. The van der Waals surface area contributed by atoms with E-state index in [-0.39, 0.29) is 5.78 Å². The Morgan fingerprint density at radius 1 is 1.18 bits per heavy atom. The predicted molar refractivity (Wildman–Crippen MR) is 74.0 cm³/mol. The van der Waals surface area contributed by atoms with Gasteiger partial charge in [-0.1, -0.05) is 68.1 Å². The van der Waals surface area contributed by atoms with Crippen LogP contribution in [0.25, 0.3) is 5.03 Å². The Morgan fingerprint density at radius 3 is 2.53 bits per heavy atom. The summed E-state index contributed by atoms with van der Waals surface area (Å²) >= 11 is 6.08. The van der Waals surface area contributed by atoms with E-state index in [1.54, 1.807) is 6.08 Å². The number of allylic oxidation sites excluding steroid dienone is 1. The molecule has 1 aromatic carbocycles. The molecule has 0 aliphatic rings. The van der Waals surface area contributed by atoms with Gasteiger partial charge in [0, 0.05) is 12.5 Å². The van der Waals surface area contributed by atoms with Gasteiger partial charge in [-0.25, -0.2) is 0 Å². The molecule has 0 amide bonds. The van der Waals surface area contributed by atoms with Crippen LogP contribution >= 0.6 is 11.6 Å². The number of ketones is 1. The van der Waals surface area contributed by atoms with Crippen molar-refractivity contribution in [3.05, 3.63) is 42.0 Å². The van der Waals surface area contributed by atoms with Gasteiger partial charge in [-0.15, -0.1) is 0 Å². The maximum Gasteiger partial charge on any atom is 0.157 e. The third kappa shape index (κ3) is 5.69. The first-order valence-electron chi connectivity index (χ1n) is 6.19. The van der Waals surface area contributed by atoms with Gasteiger partial charge in [0.15, 0.2) is 5.78 Å². The van der Waals surface area contributed by atoms with Crippen molar-refractivity contribution in [2.24, 2.45) is 0 Å². The first-order chi connectivity index (χ1) is 8.24. The number of rotatable bonds is 7. The summed E-state index contributed by atoms with van der Waals surface area (Å²) < 4.78 is 0. The Bertz CT molecular complexity index is 368.